The van der Waals surface area contributed by atoms with Crippen LogP contribution in [0.5, 0.6) is 0 Å². The summed E-state index contributed by atoms with van der Waals surface area (Å²) in [6.07, 6.45) is 0. The van der Waals surface area contributed by atoms with Crippen LogP contribution >= 0.6 is 0 Å². The summed E-state index contributed by atoms with van der Waals surface area (Å²) >= 11 is 0. The highest BCUT2D eigenvalue weighted by molar-refractivity contribution is 6.04. The Morgan fingerprint density at radius 1 is 1.46 bits per heavy atom. The van der Waals surface area contributed by atoms with Crippen molar-refractivity contribution in [3.8, 4) is 0 Å². The third kappa shape index (κ3) is 2.97. The van der Waals surface area contributed by atoms with E-state index in [1.807, 2.05) is 4.81 Å². The molecule has 1 aliphatic heterocycles. The molecule has 0 saturated carbocycles. The quantitative estimate of drug-likeness (QED) is 0.576. The summed E-state index contributed by atoms with van der Waals surface area (Å²) in [7, 11) is 7.58. The largest absolute Gasteiger partial charge is 0.383 e. The molecule has 3 nitrogen and oxygen atoms in total. The fraction of sp³-hybridized carbons (Fsp3) is 1.00. The molecule has 0 spiro atoms. The fourth-order valence-corrected chi connectivity index (χ4v) is 1.70. The summed E-state index contributed by atoms with van der Waals surface area (Å²) in [4.78, 5) is 4.33. The maximum absolute atomic E-state index is 5.85. The van der Waals surface area contributed by atoms with Crippen molar-refractivity contribution >= 4 is 7.98 Å². The number of hydrogen-bond donors (Lipinski definition) is 0. The van der Waals surface area contributed by atoms with Crippen molar-refractivity contribution in [2.24, 2.45) is 0 Å². The molecule has 0 aromatic carbocycles. The monoisotopic (exact) mass is 182 g/mol. The van der Waals surface area contributed by atoms with Crippen LogP contribution in [0.3, 0.4) is 0 Å². The van der Waals surface area contributed by atoms with Crippen molar-refractivity contribution < 1.29 is 4.74 Å². The molecule has 1 fully saturated rings. The van der Waals surface area contributed by atoms with Gasteiger partial charge in [0.25, 0.3) is 0 Å². The minimum atomic E-state index is 0.348. The van der Waals surface area contributed by atoms with Gasteiger partial charge < -0.3 is 9.55 Å². The van der Waals surface area contributed by atoms with E-state index in [0.717, 1.165) is 26.2 Å². The average molecular weight is 182 g/mol. The molecule has 0 amide bonds. The first-order chi connectivity index (χ1) is 6.15. The highest BCUT2D eigenvalue weighted by Crippen LogP contribution is 2.10. The van der Waals surface area contributed by atoms with Gasteiger partial charge >= 0.3 is 0 Å². The summed E-state index contributed by atoms with van der Waals surface area (Å²) < 4.78 is 5.13. The van der Waals surface area contributed by atoms with Crippen molar-refractivity contribution in [3.63, 3.8) is 0 Å². The zero-order valence-electron chi connectivity index (χ0n) is 8.86. The van der Waals surface area contributed by atoms with E-state index < -0.39 is 0 Å². The normalized spacial score (nSPS) is 26.9. The zero-order valence-corrected chi connectivity index (χ0v) is 8.86. The predicted molar refractivity (Wildman–Crippen MR) is 54.8 cm³/mol. The fourth-order valence-electron chi connectivity index (χ4n) is 1.70. The van der Waals surface area contributed by atoms with E-state index in [1.54, 1.807) is 7.11 Å². The number of rotatable bonds is 3. The predicted octanol–water partition coefficient (Wildman–Crippen LogP) is 0.111. The first kappa shape index (κ1) is 11.0. The summed E-state index contributed by atoms with van der Waals surface area (Å²) in [5.74, 6) is 0. The summed E-state index contributed by atoms with van der Waals surface area (Å²) in [6, 6.07) is 0.953. The topological polar surface area (TPSA) is 15.7 Å². The molecule has 1 heterocycles. The lowest BCUT2D eigenvalue weighted by atomic mass is 10.1. The number of hydrogen-bond acceptors (Lipinski definition) is 3. The molecule has 0 aromatic heterocycles. The molecule has 0 bridgehead atoms. The summed E-state index contributed by atoms with van der Waals surface area (Å²) in [5.41, 5.74) is 0. The van der Waals surface area contributed by atoms with Gasteiger partial charge in [-0.15, -0.1) is 0 Å². The number of ether oxygens (including phenoxy) is 1. The van der Waals surface area contributed by atoms with E-state index in [1.165, 1.54) is 0 Å². The lowest BCUT2D eigenvalue weighted by Gasteiger charge is -2.41. The van der Waals surface area contributed by atoms with Crippen LogP contribution in [0.2, 0.25) is 0 Å². The van der Waals surface area contributed by atoms with Gasteiger partial charge in [-0.2, -0.15) is 0 Å². The number of nitrogens with zero attached hydrogens (tertiary/aromatic N) is 2. The standard InChI is InChI=1S/C9H19BN2O/c1-8(2)11-4-5-12(10)9(6-11)7-13-3/h8-9H,4-7H2,1-3H3. The van der Waals surface area contributed by atoms with Gasteiger partial charge in [0.15, 0.2) is 7.98 Å². The third-order valence-electron chi connectivity index (χ3n) is 2.65. The van der Waals surface area contributed by atoms with Gasteiger partial charge in [-0.05, 0) is 20.4 Å². The minimum absolute atomic E-state index is 0.348. The van der Waals surface area contributed by atoms with Gasteiger partial charge in [0.1, 0.15) is 0 Å². The molecule has 1 rings (SSSR count). The Kier molecular flexibility index (Phi) is 4.23. The molecular weight excluding hydrogens is 163 g/mol. The van der Waals surface area contributed by atoms with Crippen LogP contribution in [0, 0.1) is 0 Å². The van der Waals surface area contributed by atoms with Crippen LogP contribution in [0.15, 0.2) is 0 Å². The molecule has 2 radical (unpaired) electrons. The van der Waals surface area contributed by atoms with Crippen LogP contribution < -0.4 is 0 Å². The van der Waals surface area contributed by atoms with Crippen LogP contribution in [0.4, 0.5) is 0 Å². The van der Waals surface area contributed by atoms with Gasteiger partial charge in [0.2, 0.25) is 0 Å². The van der Waals surface area contributed by atoms with Gasteiger partial charge in [-0.25, -0.2) is 0 Å². The van der Waals surface area contributed by atoms with E-state index in [4.69, 9.17) is 12.7 Å². The Morgan fingerprint density at radius 2 is 2.15 bits per heavy atom. The summed E-state index contributed by atoms with van der Waals surface area (Å²) in [6.45, 7) is 8.17. The lowest BCUT2D eigenvalue weighted by molar-refractivity contribution is 0.0570. The molecule has 0 aliphatic carbocycles. The van der Waals surface area contributed by atoms with E-state index in [9.17, 15) is 0 Å². The Hall–Kier alpha value is -0.0551. The molecular formula is C9H19BN2O. The Morgan fingerprint density at radius 3 is 2.69 bits per heavy atom. The molecule has 4 heteroatoms. The van der Waals surface area contributed by atoms with Crippen molar-refractivity contribution in [2.45, 2.75) is 25.9 Å². The van der Waals surface area contributed by atoms with Crippen molar-refractivity contribution in [1.82, 2.24) is 9.71 Å². The molecule has 1 atom stereocenters. The van der Waals surface area contributed by atoms with E-state index in [0.29, 0.717) is 12.1 Å². The molecule has 1 saturated heterocycles. The van der Waals surface area contributed by atoms with E-state index >= 15 is 0 Å². The second-order valence-corrected chi connectivity index (χ2v) is 3.94. The number of piperazine rings is 1. The second kappa shape index (κ2) is 4.98. The second-order valence-electron chi connectivity index (χ2n) is 3.94. The van der Waals surface area contributed by atoms with Gasteiger partial charge in [-0.1, -0.05) is 0 Å². The van der Waals surface area contributed by atoms with Crippen molar-refractivity contribution in [3.05, 3.63) is 0 Å². The number of methoxy groups -OCH3 is 1. The van der Waals surface area contributed by atoms with Gasteiger partial charge in [-0.3, -0.25) is 4.90 Å². The van der Waals surface area contributed by atoms with Crippen molar-refractivity contribution in [2.75, 3.05) is 33.4 Å². The van der Waals surface area contributed by atoms with Crippen LogP contribution in [-0.4, -0.2) is 63.1 Å². The highest BCUT2D eigenvalue weighted by Gasteiger charge is 2.24. The Balaban J connectivity index is 2.42. The molecule has 74 valence electrons. The molecule has 13 heavy (non-hydrogen) atoms. The first-order valence-electron chi connectivity index (χ1n) is 4.89. The zero-order chi connectivity index (χ0) is 9.84. The Bertz CT molecular complexity index is 155. The van der Waals surface area contributed by atoms with E-state index in [-0.39, 0.29) is 0 Å². The maximum atomic E-state index is 5.85. The van der Waals surface area contributed by atoms with E-state index in [2.05, 4.69) is 18.7 Å². The SMILES string of the molecule is [B]N1CCN(C(C)C)CC1COC. The van der Waals surface area contributed by atoms with Crippen molar-refractivity contribution in [1.29, 1.82) is 0 Å². The minimum Gasteiger partial charge on any atom is -0.383 e. The van der Waals surface area contributed by atoms with Crippen LogP contribution in [0.1, 0.15) is 13.8 Å². The molecule has 1 aliphatic rings. The summed E-state index contributed by atoms with van der Waals surface area (Å²) in [5, 5.41) is 0. The average Bonchev–Trinajstić information content (AvgIpc) is 2.08. The van der Waals surface area contributed by atoms with Gasteiger partial charge in [0.05, 0.1) is 6.61 Å². The molecule has 1 unspecified atom stereocenters. The highest BCUT2D eigenvalue weighted by atomic mass is 16.5. The van der Waals surface area contributed by atoms with Gasteiger partial charge in [0, 0.05) is 32.3 Å². The van der Waals surface area contributed by atoms with Crippen LogP contribution in [-0.2, 0) is 4.74 Å². The maximum Gasteiger partial charge on any atom is 0.183 e. The molecule has 0 aromatic rings. The smallest absolute Gasteiger partial charge is 0.183 e. The first-order valence-corrected chi connectivity index (χ1v) is 4.89. The lowest BCUT2D eigenvalue weighted by Crippen LogP contribution is -2.55. The molecule has 0 N–H and O–H groups in total. The van der Waals surface area contributed by atoms with Crippen LogP contribution in [0.25, 0.3) is 0 Å². The third-order valence-corrected chi connectivity index (χ3v) is 2.65. The Labute approximate surface area is 82.5 Å².